The molecule has 0 spiro atoms. The molecule has 2 aromatic rings. The SMILES string of the molecule is COC(C)c1nc(CN(C)c2ccc(C#N)cc2[N+](=O)[O-])cs1. The van der Waals surface area contributed by atoms with Crippen molar-refractivity contribution in [2.24, 2.45) is 0 Å². The van der Waals surface area contributed by atoms with E-state index < -0.39 is 4.92 Å². The lowest BCUT2D eigenvalue weighted by molar-refractivity contribution is -0.384. The molecule has 0 fully saturated rings. The maximum Gasteiger partial charge on any atom is 0.293 e. The van der Waals surface area contributed by atoms with Gasteiger partial charge in [0, 0.05) is 25.6 Å². The van der Waals surface area contributed by atoms with Gasteiger partial charge in [0.15, 0.2) is 0 Å². The van der Waals surface area contributed by atoms with Crippen LogP contribution in [0, 0.1) is 21.4 Å². The lowest BCUT2D eigenvalue weighted by Crippen LogP contribution is -2.18. The molecular formula is C15H16N4O3S. The van der Waals surface area contributed by atoms with Crippen LogP contribution < -0.4 is 4.90 Å². The third-order valence-corrected chi connectivity index (χ3v) is 4.44. The largest absolute Gasteiger partial charge is 0.375 e. The summed E-state index contributed by atoms with van der Waals surface area (Å²) in [5.74, 6) is 0. The van der Waals surface area contributed by atoms with E-state index in [4.69, 9.17) is 10.00 Å². The van der Waals surface area contributed by atoms with Crippen LogP contribution in [0.4, 0.5) is 11.4 Å². The topological polar surface area (TPSA) is 92.3 Å². The molecule has 0 aliphatic rings. The van der Waals surface area contributed by atoms with Crippen molar-refractivity contribution in [2.45, 2.75) is 19.6 Å². The number of hydrogen-bond donors (Lipinski definition) is 0. The fourth-order valence-corrected chi connectivity index (χ4v) is 2.91. The van der Waals surface area contributed by atoms with Crippen LogP contribution in [0.2, 0.25) is 0 Å². The third-order valence-electron chi connectivity index (χ3n) is 3.38. The van der Waals surface area contributed by atoms with Gasteiger partial charge < -0.3 is 9.64 Å². The molecule has 0 bridgehead atoms. The third kappa shape index (κ3) is 3.83. The molecular weight excluding hydrogens is 316 g/mol. The highest BCUT2D eigenvalue weighted by atomic mass is 32.1. The van der Waals surface area contributed by atoms with Gasteiger partial charge in [0.1, 0.15) is 16.8 Å². The summed E-state index contributed by atoms with van der Waals surface area (Å²) in [5, 5.41) is 22.9. The molecule has 8 heteroatoms. The number of rotatable bonds is 6. The summed E-state index contributed by atoms with van der Waals surface area (Å²) in [5.41, 5.74) is 1.43. The van der Waals surface area contributed by atoms with Gasteiger partial charge in [-0.05, 0) is 19.1 Å². The summed E-state index contributed by atoms with van der Waals surface area (Å²) in [4.78, 5) is 17.0. The molecule has 23 heavy (non-hydrogen) atoms. The monoisotopic (exact) mass is 332 g/mol. The van der Waals surface area contributed by atoms with E-state index in [1.807, 2.05) is 18.4 Å². The Balaban J connectivity index is 2.24. The molecule has 2 rings (SSSR count). The standard InChI is InChI=1S/C15H16N4O3S/c1-10(22-3)15-17-12(9-23-15)8-18(2)13-5-4-11(7-16)6-14(13)19(20)21/h4-6,9-10H,8H2,1-3H3. The molecule has 1 atom stereocenters. The summed E-state index contributed by atoms with van der Waals surface area (Å²) in [6.45, 7) is 2.34. The first-order chi connectivity index (χ1) is 11.0. The zero-order chi connectivity index (χ0) is 17.0. The van der Waals surface area contributed by atoms with E-state index in [0.29, 0.717) is 12.2 Å². The maximum absolute atomic E-state index is 11.2. The highest BCUT2D eigenvalue weighted by Gasteiger charge is 2.19. The Hall–Kier alpha value is -2.50. The number of thiazole rings is 1. The lowest BCUT2D eigenvalue weighted by atomic mass is 10.1. The highest BCUT2D eigenvalue weighted by molar-refractivity contribution is 7.09. The highest BCUT2D eigenvalue weighted by Crippen LogP contribution is 2.30. The van der Waals surface area contributed by atoms with Crippen LogP contribution in [-0.4, -0.2) is 24.1 Å². The number of nitriles is 1. The predicted octanol–water partition coefficient (Wildman–Crippen LogP) is 3.27. The molecule has 7 nitrogen and oxygen atoms in total. The molecule has 1 unspecified atom stereocenters. The van der Waals surface area contributed by atoms with E-state index in [2.05, 4.69) is 4.98 Å². The normalized spacial score (nSPS) is 11.7. The van der Waals surface area contributed by atoms with Crippen LogP contribution in [-0.2, 0) is 11.3 Å². The van der Waals surface area contributed by atoms with Gasteiger partial charge in [0.05, 0.1) is 28.8 Å². The second kappa shape index (κ2) is 7.17. The van der Waals surface area contributed by atoms with Crippen molar-refractivity contribution < 1.29 is 9.66 Å². The van der Waals surface area contributed by atoms with Crippen molar-refractivity contribution in [1.29, 1.82) is 5.26 Å². The number of anilines is 1. The van der Waals surface area contributed by atoms with Gasteiger partial charge in [0.25, 0.3) is 5.69 Å². The summed E-state index contributed by atoms with van der Waals surface area (Å²) in [6.07, 6.45) is -0.0803. The van der Waals surface area contributed by atoms with Crippen molar-refractivity contribution in [3.8, 4) is 6.07 Å². The molecule has 0 saturated carbocycles. The zero-order valence-corrected chi connectivity index (χ0v) is 13.8. The molecule has 0 aliphatic heterocycles. The minimum absolute atomic E-state index is 0.0803. The van der Waals surface area contributed by atoms with Gasteiger partial charge in [-0.1, -0.05) is 0 Å². The molecule has 0 saturated heterocycles. The van der Waals surface area contributed by atoms with Crippen LogP contribution in [0.15, 0.2) is 23.6 Å². The number of nitrogens with zero attached hydrogens (tertiary/aromatic N) is 4. The van der Waals surface area contributed by atoms with Crippen LogP contribution in [0.3, 0.4) is 0 Å². The van der Waals surface area contributed by atoms with Crippen molar-refractivity contribution in [2.75, 3.05) is 19.1 Å². The number of ether oxygens (including phenoxy) is 1. The summed E-state index contributed by atoms with van der Waals surface area (Å²) in [6, 6.07) is 6.35. The molecule has 0 radical (unpaired) electrons. The molecule has 1 aromatic carbocycles. The Bertz CT molecular complexity index is 753. The first-order valence-electron chi connectivity index (χ1n) is 6.83. The van der Waals surface area contributed by atoms with E-state index in [1.54, 1.807) is 31.2 Å². The van der Waals surface area contributed by atoms with E-state index in [0.717, 1.165) is 10.7 Å². The van der Waals surface area contributed by atoms with Crippen molar-refractivity contribution in [3.05, 3.63) is 50.0 Å². The second-order valence-electron chi connectivity index (χ2n) is 4.98. The van der Waals surface area contributed by atoms with E-state index in [9.17, 15) is 10.1 Å². The summed E-state index contributed by atoms with van der Waals surface area (Å²) >= 11 is 1.50. The Labute approximate surface area is 137 Å². The molecule has 0 amide bonds. The average Bonchev–Trinajstić information content (AvgIpc) is 3.01. The Kier molecular flexibility index (Phi) is 5.26. The first-order valence-corrected chi connectivity index (χ1v) is 7.71. The number of nitro benzene ring substituents is 1. The fraction of sp³-hybridized carbons (Fsp3) is 0.333. The molecule has 0 aliphatic carbocycles. The van der Waals surface area contributed by atoms with E-state index >= 15 is 0 Å². The zero-order valence-electron chi connectivity index (χ0n) is 13.0. The van der Waals surface area contributed by atoms with Gasteiger partial charge in [-0.25, -0.2) is 4.98 Å². The van der Waals surface area contributed by atoms with Crippen LogP contribution in [0.5, 0.6) is 0 Å². The van der Waals surface area contributed by atoms with Gasteiger partial charge in [-0.2, -0.15) is 5.26 Å². The summed E-state index contributed by atoms with van der Waals surface area (Å²) in [7, 11) is 3.38. The van der Waals surface area contributed by atoms with Crippen molar-refractivity contribution in [3.63, 3.8) is 0 Å². The first kappa shape index (κ1) is 16.9. The number of methoxy groups -OCH3 is 1. The van der Waals surface area contributed by atoms with Crippen LogP contribution >= 0.6 is 11.3 Å². The van der Waals surface area contributed by atoms with Gasteiger partial charge in [-0.3, -0.25) is 10.1 Å². The van der Waals surface area contributed by atoms with Crippen LogP contribution in [0.1, 0.15) is 29.3 Å². The Morgan fingerprint density at radius 2 is 2.30 bits per heavy atom. The minimum Gasteiger partial charge on any atom is -0.375 e. The maximum atomic E-state index is 11.2. The number of benzene rings is 1. The van der Waals surface area contributed by atoms with Gasteiger partial charge >= 0.3 is 0 Å². The van der Waals surface area contributed by atoms with E-state index in [-0.39, 0.29) is 17.4 Å². The molecule has 120 valence electrons. The Morgan fingerprint density at radius 1 is 1.57 bits per heavy atom. The fourth-order valence-electron chi connectivity index (χ4n) is 2.07. The number of nitro groups is 1. The quantitative estimate of drug-likeness (QED) is 0.595. The lowest BCUT2D eigenvalue weighted by Gasteiger charge is -2.18. The van der Waals surface area contributed by atoms with Crippen LogP contribution in [0.25, 0.3) is 0 Å². The smallest absolute Gasteiger partial charge is 0.293 e. The van der Waals surface area contributed by atoms with Crippen molar-refractivity contribution >= 4 is 22.7 Å². The van der Waals surface area contributed by atoms with E-state index in [1.165, 1.54) is 17.4 Å². The Morgan fingerprint density at radius 3 is 2.91 bits per heavy atom. The number of aromatic nitrogens is 1. The molecule has 1 aromatic heterocycles. The predicted molar refractivity (Wildman–Crippen MR) is 87.5 cm³/mol. The number of hydrogen-bond acceptors (Lipinski definition) is 7. The summed E-state index contributed by atoms with van der Waals surface area (Å²) < 4.78 is 5.23. The molecule has 1 heterocycles. The van der Waals surface area contributed by atoms with Crippen molar-refractivity contribution in [1.82, 2.24) is 4.98 Å². The van der Waals surface area contributed by atoms with Gasteiger partial charge in [0.2, 0.25) is 0 Å². The average molecular weight is 332 g/mol. The minimum atomic E-state index is -0.480. The molecule has 0 N–H and O–H groups in total. The van der Waals surface area contributed by atoms with Gasteiger partial charge in [-0.15, -0.1) is 11.3 Å². The second-order valence-corrected chi connectivity index (χ2v) is 5.87.